The van der Waals surface area contributed by atoms with Crippen molar-refractivity contribution in [1.82, 2.24) is 0 Å². The zero-order valence-corrected chi connectivity index (χ0v) is 14.7. The number of rotatable bonds is 4. The molecule has 0 saturated carbocycles. The summed E-state index contributed by atoms with van der Waals surface area (Å²) in [6.45, 7) is 0. The van der Waals surface area contributed by atoms with Gasteiger partial charge in [0, 0.05) is 11.6 Å². The van der Waals surface area contributed by atoms with E-state index >= 15 is 0 Å². The molecule has 3 aromatic carbocycles. The summed E-state index contributed by atoms with van der Waals surface area (Å²) in [4.78, 5) is 0.249. The van der Waals surface area contributed by atoms with Crippen molar-refractivity contribution in [2.45, 2.75) is 4.90 Å². The number of nitrogens with one attached hydrogen (secondary N) is 1. The minimum Gasteiger partial charge on any atom is -0.505 e. The smallest absolute Gasteiger partial charge is 0.150 e. The lowest BCUT2D eigenvalue weighted by atomic mass is 10.0. The highest BCUT2D eigenvalue weighted by Gasteiger charge is 2.14. The Morgan fingerprint density at radius 2 is 1.77 bits per heavy atom. The molecule has 0 unspecified atom stereocenters. The van der Waals surface area contributed by atoms with Crippen molar-refractivity contribution >= 4 is 29.2 Å². The summed E-state index contributed by atoms with van der Waals surface area (Å²) in [6.07, 6.45) is 0. The summed E-state index contributed by atoms with van der Waals surface area (Å²) in [6, 6.07) is 15.6. The highest BCUT2D eigenvalue weighted by atomic mass is 35.5. The van der Waals surface area contributed by atoms with Crippen molar-refractivity contribution in [3.63, 3.8) is 0 Å². The molecule has 26 heavy (non-hydrogen) atoms. The SMILES string of the molecule is N#Cc1cc(Cl)c(O)c(SNc2cc(-c3ccccc3)c(F)cc2F)c1. The lowest BCUT2D eigenvalue weighted by molar-refractivity contribution is 0.462. The summed E-state index contributed by atoms with van der Waals surface area (Å²) in [5.41, 5.74) is 1.13. The number of anilines is 1. The predicted molar refractivity (Wildman–Crippen MR) is 99.1 cm³/mol. The van der Waals surface area contributed by atoms with Crippen molar-refractivity contribution in [3.8, 4) is 22.9 Å². The van der Waals surface area contributed by atoms with Crippen LogP contribution in [0.3, 0.4) is 0 Å². The van der Waals surface area contributed by atoms with Crippen molar-refractivity contribution in [2.24, 2.45) is 0 Å². The van der Waals surface area contributed by atoms with Gasteiger partial charge in [-0.1, -0.05) is 41.9 Å². The fraction of sp³-hybridized carbons (Fsp3) is 0. The van der Waals surface area contributed by atoms with Gasteiger partial charge in [-0.3, -0.25) is 0 Å². The van der Waals surface area contributed by atoms with Gasteiger partial charge in [0.05, 0.1) is 27.2 Å². The third-order valence-corrected chi connectivity index (χ3v) is 4.71. The fourth-order valence-corrected chi connectivity index (χ4v) is 3.34. The van der Waals surface area contributed by atoms with Gasteiger partial charge in [-0.25, -0.2) is 8.78 Å². The molecule has 0 bridgehead atoms. The molecule has 0 aliphatic carbocycles. The van der Waals surface area contributed by atoms with Gasteiger partial charge in [-0.2, -0.15) is 5.26 Å². The van der Waals surface area contributed by atoms with E-state index in [1.54, 1.807) is 30.3 Å². The number of phenolic OH excluding ortho intramolecular Hbond substituents is 1. The van der Waals surface area contributed by atoms with E-state index in [9.17, 15) is 13.9 Å². The molecular formula is C19H11ClF2N2OS. The van der Waals surface area contributed by atoms with Gasteiger partial charge in [0.2, 0.25) is 0 Å². The van der Waals surface area contributed by atoms with Crippen LogP contribution >= 0.6 is 23.5 Å². The molecule has 0 fully saturated rings. The van der Waals surface area contributed by atoms with Gasteiger partial charge >= 0.3 is 0 Å². The molecule has 0 atom stereocenters. The Bertz CT molecular complexity index is 1010. The van der Waals surface area contributed by atoms with Crippen LogP contribution in [0.25, 0.3) is 11.1 Å². The molecule has 0 spiro atoms. The van der Waals surface area contributed by atoms with Crippen LogP contribution in [0.2, 0.25) is 5.02 Å². The van der Waals surface area contributed by atoms with Gasteiger partial charge in [0.15, 0.2) is 0 Å². The fourth-order valence-electron chi connectivity index (χ4n) is 2.29. The summed E-state index contributed by atoms with van der Waals surface area (Å²) < 4.78 is 31.0. The van der Waals surface area contributed by atoms with E-state index in [1.807, 2.05) is 6.07 Å². The maximum atomic E-state index is 14.1. The maximum Gasteiger partial charge on any atom is 0.150 e. The molecule has 0 saturated heterocycles. The number of hydrogen-bond acceptors (Lipinski definition) is 4. The largest absolute Gasteiger partial charge is 0.505 e. The van der Waals surface area contributed by atoms with E-state index in [0.29, 0.717) is 5.56 Å². The molecule has 0 amide bonds. The molecule has 0 aromatic heterocycles. The topological polar surface area (TPSA) is 56.0 Å². The minimum atomic E-state index is -0.781. The number of halogens is 3. The Balaban J connectivity index is 1.92. The highest BCUT2D eigenvalue weighted by Crippen LogP contribution is 2.37. The molecule has 0 aliphatic rings. The molecule has 130 valence electrons. The lowest BCUT2D eigenvalue weighted by Crippen LogP contribution is -1.95. The number of benzene rings is 3. The third kappa shape index (κ3) is 3.74. The quantitative estimate of drug-likeness (QED) is 0.539. The minimum absolute atomic E-state index is 0.0119. The second kappa shape index (κ2) is 7.65. The van der Waals surface area contributed by atoms with Gasteiger partial charge in [-0.15, -0.1) is 0 Å². The first-order chi connectivity index (χ1) is 12.5. The van der Waals surface area contributed by atoms with Crippen LogP contribution < -0.4 is 4.72 Å². The second-order valence-electron chi connectivity index (χ2n) is 5.30. The van der Waals surface area contributed by atoms with Gasteiger partial charge in [-0.05, 0) is 35.7 Å². The van der Waals surface area contributed by atoms with E-state index in [-0.39, 0.29) is 32.5 Å². The standard InChI is InChI=1S/C19H11ClF2N2OS/c20-14-6-11(10-23)7-18(19(14)25)26-24-17-8-13(15(21)9-16(17)22)12-4-2-1-3-5-12/h1-9,24-25H. The van der Waals surface area contributed by atoms with Crippen LogP contribution in [-0.4, -0.2) is 5.11 Å². The van der Waals surface area contributed by atoms with Crippen molar-refractivity contribution < 1.29 is 13.9 Å². The van der Waals surface area contributed by atoms with Crippen LogP contribution in [0.4, 0.5) is 14.5 Å². The van der Waals surface area contributed by atoms with E-state index in [1.165, 1.54) is 18.2 Å². The van der Waals surface area contributed by atoms with Crippen molar-refractivity contribution in [3.05, 3.63) is 76.8 Å². The van der Waals surface area contributed by atoms with Crippen LogP contribution in [-0.2, 0) is 0 Å². The van der Waals surface area contributed by atoms with Crippen LogP contribution in [0.15, 0.2) is 59.5 Å². The number of phenols is 1. The molecule has 3 aromatic rings. The molecule has 0 heterocycles. The van der Waals surface area contributed by atoms with E-state index in [4.69, 9.17) is 16.9 Å². The van der Waals surface area contributed by atoms with Gasteiger partial charge in [0.1, 0.15) is 17.4 Å². The lowest BCUT2D eigenvalue weighted by Gasteiger charge is -2.12. The second-order valence-corrected chi connectivity index (χ2v) is 6.55. The van der Waals surface area contributed by atoms with Crippen molar-refractivity contribution in [2.75, 3.05) is 4.72 Å². The van der Waals surface area contributed by atoms with Crippen LogP contribution in [0, 0.1) is 23.0 Å². The molecule has 0 aliphatic heterocycles. The molecule has 3 nitrogen and oxygen atoms in total. The average Bonchev–Trinajstić information content (AvgIpc) is 2.64. The molecular weight excluding hydrogens is 378 g/mol. The molecule has 7 heteroatoms. The summed E-state index contributed by atoms with van der Waals surface area (Å²) in [5.74, 6) is -1.69. The molecule has 2 N–H and O–H groups in total. The summed E-state index contributed by atoms with van der Waals surface area (Å²) in [5, 5.41) is 19.0. The Labute approximate surface area is 158 Å². The number of nitrogens with zero attached hydrogens (tertiary/aromatic N) is 1. The monoisotopic (exact) mass is 388 g/mol. The molecule has 0 radical (unpaired) electrons. The van der Waals surface area contributed by atoms with Gasteiger partial charge < -0.3 is 9.83 Å². The number of nitriles is 1. The highest BCUT2D eigenvalue weighted by molar-refractivity contribution is 8.00. The predicted octanol–water partition coefficient (Wildman–Crippen LogP) is 5.98. The van der Waals surface area contributed by atoms with Crippen molar-refractivity contribution in [1.29, 1.82) is 5.26 Å². The zero-order chi connectivity index (χ0) is 18.7. The first kappa shape index (κ1) is 18.1. The van der Waals surface area contributed by atoms with Crippen LogP contribution in [0.1, 0.15) is 5.56 Å². The number of aromatic hydroxyl groups is 1. The van der Waals surface area contributed by atoms with E-state index in [0.717, 1.165) is 18.0 Å². The van der Waals surface area contributed by atoms with E-state index in [2.05, 4.69) is 4.72 Å². The van der Waals surface area contributed by atoms with Gasteiger partial charge in [0.25, 0.3) is 0 Å². The first-order valence-electron chi connectivity index (χ1n) is 7.39. The zero-order valence-electron chi connectivity index (χ0n) is 13.1. The maximum absolute atomic E-state index is 14.1. The Morgan fingerprint density at radius 3 is 2.46 bits per heavy atom. The Hall–Kier alpha value is -2.75. The normalized spacial score (nSPS) is 10.4. The number of hydrogen-bond donors (Lipinski definition) is 2. The average molecular weight is 389 g/mol. The van der Waals surface area contributed by atoms with Crippen LogP contribution in [0.5, 0.6) is 5.75 Å². The van der Waals surface area contributed by atoms with E-state index < -0.39 is 11.6 Å². The molecule has 3 rings (SSSR count). The third-order valence-electron chi connectivity index (χ3n) is 3.57. The Morgan fingerprint density at radius 1 is 1.04 bits per heavy atom. The Kier molecular flexibility index (Phi) is 5.31. The first-order valence-corrected chi connectivity index (χ1v) is 8.59. The summed E-state index contributed by atoms with van der Waals surface area (Å²) >= 11 is 6.74. The summed E-state index contributed by atoms with van der Waals surface area (Å²) in [7, 11) is 0.